The maximum Gasteiger partial charge on any atom is 0.154 e. The molecule has 2 aliphatic rings. The fourth-order valence-electron chi connectivity index (χ4n) is 5.85. The average molecular weight is 555 g/mol. The first-order valence-electron chi connectivity index (χ1n) is 13.4. The van der Waals surface area contributed by atoms with Gasteiger partial charge in [-0.3, -0.25) is 0 Å². The van der Waals surface area contributed by atoms with Gasteiger partial charge in [0.15, 0.2) is 6.29 Å². The Morgan fingerprint density at radius 1 is 1.03 bits per heavy atom. The van der Waals surface area contributed by atoms with Crippen LogP contribution in [0.4, 0.5) is 4.39 Å². The lowest BCUT2D eigenvalue weighted by Crippen LogP contribution is -2.08. The Hall–Kier alpha value is -2.94. The first-order valence-corrected chi connectivity index (χ1v) is 15.4. The first-order chi connectivity index (χ1) is 18.5. The summed E-state index contributed by atoms with van der Waals surface area (Å²) in [6.45, 7) is 4.33. The number of sulfone groups is 1. The van der Waals surface area contributed by atoms with Crippen LogP contribution in [0, 0.1) is 25.6 Å². The van der Waals surface area contributed by atoms with Crippen LogP contribution in [0.1, 0.15) is 59.1 Å². The van der Waals surface area contributed by atoms with Gasteiger partial charge in [-0.2, -0.15) is 0 Å². The number of benzene rings is 3. The number of rotatable bonds is 10. The van der Waals surface area contributed by atoms with Crippen molar-refractivity contribution in [2.45, 2.75) is 57.8 Å². The van der Waals surface area contributed by atoms with E-state index in [1.54, 1.807) is 0 Å². The predicted octanol–water partition coefficient (Wildman–Crippen LogP) is 5.40. The van der Waals surface area contributed by atoms with Gasteiger partial charge in [0.1, 0.15) is 33.3 Å². The van der Waals surface area contributed by atoms with E-state index in [-0.39, 0.29) is 23.4 Å². The molecule has 0 spiro atoms. The standard InChI is InChI=1S/C31H35FO6S/c1-18-15-22(37-13-4-14-39(3,35)36)16-19(2)29(18)23-9-11-27(32)30-24(23)10-12-28(30)38-21-7-5-20(6-8-21)25-17-26(25)31(33)34/h5-9,11,15-16,25-26,28,31,33-34H,4,10,12-14,17H2,1-3H3/t25-,26+,28-/m1/s1. The summed E-state index contributed by atoms with van der Waals surface area (Å²) < 4.78 is 50.0. The molecule has 2 N–H and O–H groups in total. The van der Waals surface area contributed by atoms with Crippen molar-refractivity contribution in [3.63, 3.8) is 0 Å². The Balaban J connectivity index is 1.33. The third-order valence-corrected chi connectivity index (χ3v) is 8.83. The van der Waals surface area contributed by atoms with Gasteiger partial charge in [-0.1, -0.05) is 18.2 Å². The number of hydrogen-bond donors (Lipinski definition) is 2. The highest BCUT2D eigenvalue weighted by atomic mass is 32.2. The molecule has 0 aliphatic heterocycles. The summed E-state index contributed by atoms with van der Waals surface area (Å²) in [6, 6.07) is 14.9. The maximum absolute atomic E-state index is 15.2. The maximum atomic E-state index is 15.2. The molecule has 0 radical (unpaired) electrons. The second-order valence-corrected chi connectivity index (χ2v) is 13.1. The number of ether oxygens (including phenoxy) is 2. The van der Waals surface area contributed by atoms with Crippen LogP contribution < -0.4 is 9.47 Å². The summed E-state index contributed by atoms with van der Waals surface area (Å²) in [5.41, 5.74) is 6.67. The molecule has 0 unspecified atom stereocenters. The van der Waals surface area contributed by atoms with E-state index in [9.17, 15) is 18.6 Å². The van der Waals surface area contributed by atoms with E-state index in [4.69, 9.17) is 9.47 Å². The lowest BCUT2D eigenvalue weighted by molar-refractivity contribution is -0.0577. The zero-order valence-corrected chi connectivity index (χ0v) is 23.3. The highest BCUT2D eigenvalue weighted by Gasteiger charge is 2.42. The molecule has 0 bridgehead atoms. The van der Waals surface area contributed by atoms with E-state index in [2.05, 4.69) is 0 Å². The average Bonchev–Trinajstić information content (AvgIpc) is 3.57. The Bertz CT molecular complexity index is 1440. The summed E-state index contributed by atoms with van der Waals surface area (Å²) in [6.07, 6.45) is 2.10. The van der Waals surface area contributed by atoms with Crippen molar-refractivity contribution in [2.75, 3.05) is 18.6 Å². The van der Waals surface area contributed by atoms with Gasteiger partial charge in [0.25, 0.3) is 0 Å². The third kappa shape index (κ3) is 6.13. The van der Waals surface area contributed by atoms with Crippen LogP contribution in [-0.4, -0.2) is 43.5 Å². The Labute approximate surface area is 229 Å². The minimum Gasteiger partial charge on any atom is -0.494 e. The number of fused-ring (bicyclic) bond motifs is 1. The summed E-state index contributed by atoms with van der Waals surface area (Å²) in [7, 11) is -3.02. The monoisotopic (exact) mass is 554 g/mol. The Morgan fingerprint density at radius 3 is 2.33 bits per heavy atom. The van der Waals surface area contributed by atoms with Gasteiger partial charge in [-0.05, 0) is 109 Å². The minimum atomic E-state index is -3.02. The van der Waals surface area contributed by atoms with Crippen molar-refractivity contribution < 1.29 is 32.5 Å². The van der Waals surface area contributed by atoms with Gasteiger partial charge in [0.05, 0.1) is 12.4 Å². The molecular formula is C31H35FO6S. The molecule has 6 nitrogen and oxygen atoms in total. The van der Waals surface area contributed by atoms with E-state index in [1.165, 1.54) is 12.3 Å². The summed E-state index contributed by atoms with van der Waals surface area (Å²) in [5, 5.41) is 18.8. The molecule has 39 heavy (non-hydrogen) atoms. The van der Waals surface area contributed by atoms with E-state index >= 15 is 4.39 Å². The fourth-order valence-corrected chi connectivity index (χ4v) is 6.50. The summed E-state index contributed by atoms with van der Waals surface area (Å²) in [5.74, 6) is 1.21. The number of halogens is 1. The van der Waals surface area contributed by atoms with Crippen molar-refractivity contribution in [1.29, 1.82) is 0 Å². The normalized spacial score (nSPS) is 20.2. The molecule has 2 aliphatic carbocycles. The van der Waals surface area contributed by atoms with Crippen LogP contribution in [0.2, 0.25) is 0 Å². The van der Waals surface area contributed by atoms with Crippen LogP contribution in [-0.2, 0) is 16.3 Å². The number of hydrogen-bond acceptors (Lipinski definition) is 6. The second-order valence-electron chi connectivity index (χ2n) is 10.9. The van der Waals surface area contributed by atoms with Crippen LogP contribution in [0.15, 0.2) is 48.5 Å². The van der Waals surface area contributed by atoms with Gasteiger partial charge in [-0.25, -0.2) is 12.8 Å². The summed E-state index contributed by atoms with van der Waals surface area (Å²) in [4.78, 5) is 0. The molecule has 0 amide bonds. The minimum absolute atomic E-state index is 0.0903. The highest BCUT2D eigenvalue weighted by molar-refractivity contribution is 7.90. The SMILES string of the molecule is Cc1cc(OCCCS(C)(=O)=O)cc(C)c1-c1ccc(F)c2c1CC[C@H]2Oc1ccc([C@H]2C[C@@H]2C(O)O)cc1. The molecule has 0 saturated heterocycles. The van der Waals surface area contributed by atoms with E-state index < -0.39 is 22.2 Å². The van der Waals surface area contributed by atoms with Crippen molar-refractivity contribution >= 4 is 9.84 Å². The molecule has 8 heteroatoms. The van der Waals surface area contributed by atoms with Gasteiger partial charge >= 0.3 is 0 Å². The second kappa shape index (κ2) is 10.9. The first kappa shape index (κ1) is 27.6. The van der Waals surface area contributed by atoms with E-state index in [0.29, 0.717) is 42.9 Å². The smallest absolute Gasteiger partial charge is 0.154 e. The molecule has 3 aromatic rings. The van der Waals surface area contributed by atoms with Crippen LogP contribution in [0.25, 0.3) is 11.1 Å². The van der Waals surface area contributed by atoms with Gasteiger partial charge in [0.2, 0.25) is 0 Å². The Kier molecular flexibility index (Phi) is 7.73. The molecule has 5 rings (SSSR count). The van der Waals surface area contributed by atoms with Gasteiger partial charge in [-0.15, -0.1) is 0 Å². The lowest BCUT2D eigenvalue weighted by atomic mass is 9.90. The molecule has 1 fully saturated rings. The summed E-state index contributed by atoms with van der Waals surface area (Å²) >= 11 is 0. The number of aryl methyl sites for hydroxylation is 2. The van der Waals surface area contributed by atoms with Crippen molar-refractivity contribution in [2.24, 2.45) is 5.92 Å². The topological polar surface area (TPSA) is 93.1 Å². The molecule has 3 atom stereocenters. The van der Waals surface area contributed by atoms with Crippen LogP contribution in [0.5, 0.6) is 11.5 Å². The van der Waals surface area contributed by atoms with Crippen molar-refractivity contribution in [1.82, 2.24) is 0 Å². The quantitative estimate of drug-likeness (QED) is 0.257. The predicted molar refractivity (Wildman–Crippen MR) is 148 cm³/mol. The van der Waals surface area contributed by atoms with Crippen molar-refractivity contribution in [3.8, 4) is 22.6 Å². The largest absolute Gasteiger partial charge is 0.494 e. The van der Waals surface area contributed by atoms with E-state index in [1.807, 2.05) is 56.3 Å². The van der Waals surface area contributed by atoms with Crippen molar-refractivity contribution in [3.05, 3.63) is 82.2 Å². The molecule has 3 aromatic carbocycles. The highest BCUT2D eigenvalue weighted by Crippen LogP contribution is 2.49. The van der Waals surface area contributed by atoms with Crippen LogP contribution in [0.3, 0.4) is 0 Å². The van der Waals surface area contributed by atoms with Crippen LogP contribution >= 0.6 is 0 Å². The van der Waals surface area contributed by atoms with Gasteiger partial charge in [0, 0.05) is 17.7 Å². The molecule has 208 valence electrons. The fraction of sp³-hybridized carbons (Fsp3) is 0.419. The lowest BCUT2D eigenvalue weighted by Gasteiger charge is -2.19. The number of aliphatic hydroxyl groups is 2. The molecule has 0 aromatic heterocycles. The van der Waals surface area contributed by atoms with E-state index in [0.717, 1.165) is 39.8 Å². The van der Waals surface area contributed by atoms with Gasteiger partial charge < -0.3 is 19.7 Å². The molecule has 0 heterocycles. The number of aliphatic hydroxyl groups excluding tert-OH is 1. The Morgan fingerprint density at radius 2 is 1.72 bits per heavy atom. The molecule has 1 saturated carbocycles. The third-order valence-electron chi connectivity index (χ3n) is 7.80. The zero-order chi connectivity index (χ0) is 27.9. The zero-order valence-electron chi connectivity index (χ0n) is 22.5. The molecular weight excluding hydrogens is 519 g/mol.